The Morgan fingerprint density at radius 3 is 2.57 bits per heavy atom. The van der Waals surface area contributed by atoms with Gasteiger partial charge in [-0.05, 0) is 18.4 Å². The molecule has 0 unspecified atom stereocenters. The van der Waals surface area contributed by atoms with Crippen molar-refractivity contribution < 1.29 is 9.84 Å². The summed E-state index contributed by atoms with van der Waals surface area (Å²) in [6.07, 6.45) is 5.82. The topological polar surface area (TPSA) is 60.2 Å². The standard InChI is InChI=1S/C18H25N3O2/c1-23-14-16-19-17(21(20-16)12-13-22)18(10-6-3-7-11-18)15-8-4-2-5-9-15/h2,4-5,8-9,22H,3,6-7,10-14H2,1H3. The normalized spacial score (nSPS) is 17.3. The largest absolute Gasteiger partial charge is 0.394 e. The third-order valence-electron chi connectivity index (χ3n) is 4.76. The molecule has 1 heterocycles. The summed E-state index contributed by atoms with van der Waals surface area (Å²) in [6, 6.07) is 10.6. The number of hydrogen-bond donors (Lipinski definition) is 1. The molecule has 23 heavy (non-hydrogen) atoms. The van der Waals surface area contributed by atoms with E-state index in [1.54, 1.807) is 7.11 Å². The number of rotatable bonds is 6. The summed E-state index contributed by atoms with van der Waals surface area (Å²) in [4.78, 5) is 4.81. The summed E-state index contributed by atoms with van der Waals surface area (Å²) in [5.74, 6) is 1.67. The Hall–Kier alpha value is -1.72. The number of aliphatic hydroxyl groups is 1. The first kappa shape index (κ1) is 16.1. The van der Waals surface area contributed by atoms with Crippen LogP contribution in [0.5, 0.6) is 0 Å². The molecule has 1 aliphatic rings. The van der Waals surface area contributed by atoms with Crippen LogP contribution in [0.2, 0.25) is 0 Å². The van der Waals surface area contributed by atoms with E-state index in [1.165, 1.54) is 24.8 Å². The maximum absolute atomic E-state index is 9.42. The molecule has 1 fully saturated rings. The molecule has 124 valence electrons. The zero-order valence-electron chi connectivity index (χ0n) is 13.7. The smallest absolute Gasteiger partial charge is 0.176 e. The predicted octanol–water partition coefficient (Wildman–Crippen LogP) is 2.67. The summed E-state index contributed by atoms with van der Waals surface area (Å²) >= 11 is 0. The van der Waals surface area contributed by atoms with Crippen molar-refractivity contribution in [3.8, 4) is 0 Å². The Bertz CT molecular complexity index is 618. The predicted molar refractivity (Wildman–Crippen MR) is 88.1 cm³/mol. The van der Waals surface area contributed by atoms with Crippen LogP contribution in [0.4, 0.5) is 0 Å². The quantitative estimate of drug-likeness (QED) is 0.890. The zero-order chi connectivity index (χ0) is 16.1. The van der Waals surface area contributed by atoms with Gasteiger partial charge in [0.1, 0.15) is 12.4 Å². The van der Waals surface area contributed by atoms with Crippen molar-refractivity contribution >= 4 is 0 Å². The number of aromatic nitrogens is 3. The molecule has 3 rings (SSSR count). The molecule has 0 atom stereocenters. The molecule has 1 aromatic heterocycles. The molecule has 5 nitrogen and oxygen atoms in total. The molecule has 1 saturated carbocycles. The van der Waals surface area contributed by atoms with E-state index in [4.69, 9.17) is 9.72 Å². The lowest BCUT2D eigenvalue weighted by atomic mass is 9.68. The fraction of sp³-hybridized carbons (Fsp3) is 0.556. The van der Waals surface area contributed by atoms with Gasteiger partial charge in [0.05, 0.1) is 18.6 Å². The van der Waals surface area contributed by atoms with Gasteiger partial charge in [0.15, 0.2) is 5.82 Å². The molecule has 0 spiro atoms. The molecular formula is C18H25N3O2. The highest BCUT2D eigenvalue weighted by Gasteiger charge is 2.40. The first-order valence-electron chi connectivity index (χ1n) is 8.40. The molecule has 1 N–H and O–H groups in total. The SMILES string of the molecule is COCc1nc(C2(c3ccccc3)CCCCC2)n(CCO)n1. The molecule has 1 aliphatic carbocycles. The van der Waals surface area contributed by atoms with Gasteiger partial charge < -0.3 is 9.84 Å². The summed E-state index contributed by atoms with van der Waals surface area (Å²) in [5.41, 5.74) is 1.20. The van der Waals surface area contributed by atoms with Crippen LogP contribution in [-0.4, -0.2) is 33.6 Å². The lowest BCUT2D eigenvalue weighted by Gasteiger charge is -2.37. The highest BCUT2D eigenvalue weighted by Crippen LogP contribution is 2.44. The van der Waals surface area contributed by atoms with Gasteiger partial charge in [-0.1, -0.05) is 49.6 Å². The van der Waals surface area contributed by atoms with Crippen molar-refractivity contribution in [3.05, 3.63) is 47.5 Å². The first-order chi connectivity index (χ1) is 11.3. The van der Waals surface area contributed by atoms with Crippen LogP contribution in [-0.2, 0) is 23.3 Å². The minimum absolute atomic E-state index is 0.0631. The van der Waals surface area contributed by atoms with Crippen molar-refractivity contribution in [2.24, 2.45) is 0 Å². The molecule has 2 aromatic rings. The van der Waals surface area contributed by atoms with Gasteiger partial charge in [-0.15, -0.1) is 0 Å². The van der Waals surface area contributed by atoms with Gasteiger partial charge in [0.25, 0.3) is 0 Å². The molecular weight excluding hydrogens is 290 g/mol. The fourth-order valence-corrected chi connectivity index (χ4v) is 3.74. The van der Waals surface area contributed by atoms with Crippen molar-refractivity contribution in [3.63, 3.8) is 0 Å². The Labute approximate surface area is 137 Å². The first-order valence-corrected chi connectivity index (χ1v) is 8.40. The van der Waals surface area contributed by atoms with Crippen LogP contribution in [0.3, 0.4) is 0 Å². The number of ether oxygens (including phenoxy) is 1. The van der Waals surface area contributed by atoms with Crippen LogP contribution in [0.25, 0.3) is 0 Å². The van der Waals surface area contributed by atoms with E-state index in [0.29, 0.717) is 19.0 Å². The second-order valence-corrected chi connectivity index (χ2v) is 6.24. The summed E-state index contributed by atoms with van der Waals surface area (Å²) in [7, 11) is 1.65. The van der Waals surface area contributed by atoms with Crippen LogP contribution in [0.15, 0.2) is 30.3 Å². The van der Waals surface area contributed by atoms with Crippen molar-refractivity contribution in [1.82, 2.24) is 14.8 Å². The van der Waals surface area contributed by atoms with E-state index < -0.39 is 0 Å². The molecule has 0 aliphatic heterocycles. The number of nitrogens with zero attached hydrogens (tertiary/aromatic N) is 3. The number of methoxy groups -OCH3 is 1. The molecule has 0 saturated heterocycles. The lowest BCUT2D eigenvalue weighted by Crippen LogP contribution is -2.34. The average Bonchev–Trinajstić information content (AvgIpc) is 3.00. The molecule has 0 amide bonds. The van der Waals surface area contributed by atoms with Gasteiger partial charge in [0, 0.05) is 7.11 Å². The van der Waals surface area contributed by atoms with Gasteiger partial charge >= 0.3 is 0 Å². The molecule has 1 aromatic carbocycles. The maximum Gasteiger partial charge on any atom is 0.176 e. The Kier molecular flexibility index (Phi) is 5.08. The van der Waals surface area contributed by atoms with E-state index in [2.05, 4.69) is 35.4 Å². The zero-order valence-corrected chi connectivity index (χ0v) is 13.7. The second kappa shape index (κ2) is 7.23. The third-order valence-corrected chi connectivity index (χ3v) is 4.76. The Morgan fingerprint density at radius 1 is 1.17 bits per heavy atom. The van der Waals surface area contributed by atoms with Crippen molar-refractivity contribution in [2.45, 2.75) is 50.7 Å². The van der Waals surface area contributed by atoms with E-state index in [-0.39, 0.29) is 12.0 Å². The minimum atomic E-state index is -0.104. The molecule has 0 bridgehead atoms. The summed E-state index contributed by atoms with van der Waals surface area (Å²) < 4.78 is 7.08. The number of hydrogen-bond acceptors (Lipinski definition) is 4. The maximum atomic E-state index is 9.42. The number of benzene rings is 1. The fourth-order valence-electron chi connectivity index (χ4n) is 3.74. The molecule has 0 radical (unpaired) electrons. The number of aliphatic hydroxyl groups excluding tert-OH is 1. The van der Waals surface area contributed by atoms with Crippen molar-refractivity contribution in [1.29, 1.82) is 0 Å². The highest BCUT2D eigenvalue weighted by atomic mass is 16.5. The van der Waals surface area contributed by atoms with Crippen LogP contribution in [0, 0.1) is 0 Å². The van der Waals surface area contributed by atoms with Crippen LogP contribution < -0.4 is 0 Å². The van der Waals surface area contributed by atoms with Gasteiger partial charge in [0.2, 0.25) is 0 Å². The average molecular weight is 315 g/mol. The second-order valence-electron chi connectivity index (χ2n) is 6.24. The van der Waals surface area contributed by atoms with E-state index in [9.17, 15) is 5.11 Å². The van der Waals surface area contributed by atoms with Gasteiger partial charge in [-0.25, -0.2) is 9.67 Å². The summed E-state index contributed by atoms with van der Waals surface area (Å²) in [6.45, 7) is 0.935. The van der Waals surface area contributed by atoms with Crippen LogP contribution in [0.1, 0.15) is 49.3 Å². The van der Waals surface area contributed by atoms with E-state index in [1.807, 2.05) is 4.68 Å². The van der Waals surface area contributed by atoms with Crippen molar-refractivity contribution in [2.75, 3.05) is 13.7 Å². The minimum Gasteiger partial charge on any atom is -0.394 e. The Morgan fingerprint density at radius 2 is 1.91 bits per heavy atom. The van der Waals surface area contributed by atoms with Crippen LogP contribution >= 0.6 is 0 Å². The highest BCUT2D eigenvalue weighted by molar-refractivity contribution is 5.34. The Balaban J connectivity index is 2.09. The van der Waals surface area contributed by atoms with Gasteiger partial charge in [-0.2, -0.15) is 5.10 Å². The van der Waals surface area contributed by atoms with Gasteiger partial charge in [-0.3, -0.25) is 0 Å². The lowest BCUT2D eigenvalue weighted by molar-refractivity contribution is 0.177. The monoisotopic (exact) mass is 315 g/mol. The molecule has 5 heteroatoms. The van der Waals surface area contributed by atoms with E-state index in [0.717, 1.165) is 18.7 Å². The summed E-state index contributed by atoms with van der Waals surface area (Å²) in [5, 5.41) is 14.0. The third kappa shape index (κ3) is 3.16. The van der Waals surface area contributed by atoms with E-state index >= 15 is 0 Å².